The van der Waals surface area contributed by atoms with Crippen molar-refractivity contribution in [3.8, 4) is 0 Å². The van der Waals surface area contributed by atoms with Crippen LogP contribution in [0.1, 0.15) is 20.7 Å². The van der Waals surface area contributed by atoms with E-state index in [9.17, 15) is 9.59 Å². The van der Waals surface area contributed by atoms with Gasteiger partial charge in [-0.15, -0.1) is 12.4 Å². The van der Waals surface area contributed by atoms with Crippen molar-refractivity contribution in [2.75, 3.05) is 27.2 Å². The van der Waals surface area contributed by atoms with Gasteiger partial charge in [0.25, 0.3) is 11.8 Å². The molecule has 1 aliphatic rings. The van der Waals surface area contributed by atoms with Crippen LogP contribution in [0.2, 0.25) is 0 Å². The van der Waals surface area contributed by atoms with Crippen LogP contribution in [-0.4, -0.2) is 48.8 Å². The van der Waals surface area contributed by atoms with Crippen LogP contribution in [0.4, 0.5) is 0 Å². The number of rotatable bonds is 3. The summed E-state index contributed by atoms with van der Waals surface area (Å²) in [7, 11) is 3.85. The molecule has 0 atom stereocenters. The molecule has 0 aliphatic carbocycles. The second kappa shape index (κ2) is 5.84. The van der Waals surface area contributed by atoms with E-state index in [0.717, 1.165) is 10.8 Å². The Morgan fingerprint density at radius 1 is 0.952 bits per heavy atom. The zero-order valence-corrected chi connectivity index (χ0v) is 12.8. The maximum absolute atomic E-state index is 12.5. The Hall–Kier alpha value is -1.91. The summed E-state index contributed by atoms with van der Waals surface area (Å²) >= 11 is 0. The number of imide groups is 1. The van der Waals surface area contributed by atoms with Crippen LogP contribution >= 0.6 is 12.4 Å². The normalized spacial score (nSPS) is 13.8. The number of carbonyl (C=O) groups excluding carboxylic acids is 2. The molecule has 4 nitrogen and oxygen atoms in total. The second-order valence-corrected chi connectivity index (χ2v) is 5.27. The summed E-state index contributed by atoms with van der Waals surface area (Å²) in [5, 5.41) is 1.72. The van der Waals surface area contributed by atoms with Crippen LogP contribution in [0, 0.1) is 0 Å². The highest BCUT2D eigenvalue weighted by molar-refractivity contribution is 6.25. The number of likely N-dealkylation sites (N-methyl/N-ethyl adjacent to an activating group) is 1. The van der Waals surface area contributed by atoms with Gasteiger partial charge in [0.1, 0.15) is 0 Å². The van der Waals surface area contributed by atoms with Gasteiger partial charge in [-0.3, -0.25) is 14.5 Å². The van der Waals surface area contributed by atoms with E-state index in [1.54, 1.807) is 12.1 Å². The minimum atomic E-state index is -0.193. The summed E-state index contributed by atoms with van der Waals surface area (Å²) < 4.78 is 0. The molecule has 0 radical (unpaired) electrons. The molecule has 0 unspecified atom stereocenters. The van der Waals surface area contributed by atoms with Gasteiger partial charge < -0.3 is 4.90 Å². The number of hydrogen-bond donors (Lipinski definition) is 0. The first-order valence-electron chi connectivity index (χ1n) is 6.62. The molecule has 21 heavy (non-hydrogen) atoms. The molecule has 0 saturated heterocycles. The second-order valence-electron chi connectivity index (χ2n) is 5.27. The van der Waals surface area contributed by atoms with Crippen LogP contribution in [0.15, 0.2) is 36.4 Å². The van der Waals surface area contributed by atoms with E-state index < -0.39 is 0 Å². The quantitative estimate of drug-likeness (QED) is 0.818. The topological polar surface area (TPSA) is 40.6 Å². The van der Waals surface area contributed by atoms with E-state index in [0.29, 0.717) is 24.2 Å². The van der Waals surface area contributed by atoms with E-state index >= 15 is 0 Å². The highest BCUT2D eigenvalue weighted by Gasteiger charge is 2.32. The number of nitrogens with zero attached hydrogens (tertiary/aromatic N) is 2. The summed E-state index contributed by atoms with van der Waals surface area (Å²) in [6.45, 7) is 1.07. The molecule has 2 amide bonds. The maximum atomic E-state index is 12.5. The van der Waals surface area contributed by atoms with Crippen LogP contribution in [0.3, 0.4) is 0 Å². The summed E-state index contributed by atoms with van der Waals surface area (Å²) in [5.74, 6) is -0.387. The molecule has 2 aromatic carbocycles. The molecule has 110 valence electrons. The third-order valence-electron chi connectivity index (χ3n) is 3.63. The smallest absolute Gasteiger partial charge is 0.261 e. The van der Waals surface area contributed by atoms with E-state index in [-0.39, 0.29) is 24.2 Å². The van der Waals surface area contributed by atoms with Gasteiger partial charge >= 0.3 is 0 Å². The molecule has 3 rings (SSSR count). The fraction of sp³-hybridized carbons (Fsp3) is 0.250. The van der Waals surface area contributed by atoms with E-state index in [2.05, 4.69) is 0 Å². The Labute approximate surface area is 129 Å². The molecule has 0 spiro atoms. The molecule has 5 heteroatoms. The summed E-state index contributed by atoms with van der Waals surface area (Å²) in [5.41, 5.74) is 1.24. The number of hydrogen-bond acceptors (Lipinski definition) is 3. The van der Waals surface area contributed by atoms with E-state index in [4.69, 9.17) is 0 Å². The highest BCUT2D eigenvalue weighted by Crippen LogP contribution is 2.29. The molecule has 0 fully saturated rings. The lowest BCUT2D eigenvalue weighted by molar-refractivity contribution is 0.0601. The van der Waals surface area contributed by atoms with Gasteiger partial charge in [-0.1, -0.05) is 24.3 Å². The largest absolute Gasteiger partial charge is 0.308 e. The molecule has 0 N–H and O–H groups in total. The van der Waals surface area contributed by atoms with Gasteiger partial charge in [0.15, 0.2) is 0 Å². The first-order chi connectivity index (χ1) is 9.59. The van der Waals surface area contributed by atoms with Crippen molar-refractivity contribution in [2.45, 2.75) is 0 Å². The standard InChI is InChI=1S/C16H16N2O2.ClH/c1-17(2)9-10-18-15(19)12-7-3-5-11-6-4-8-13(14(11)12)16(18)20;/h3-8H,9-10H2,1-2H3;1H. The lowest BCUT2D eigenvalue weighted by Crippen LogP contribution is -2.43. The Balaban J connectivity index is 0.00000161. The fourth-order valence-electron chi connectivity index (χ4n) is 2.58. The molecular weight excluding hydrogens is 288 g/mol. The lowest BCUT2D eigenvalue weighted by Gasteiger charge is -2.28. The fourth-order valence-corrected chi connectivity index (χ4v) is 2.58. The van der Waals surface area contributed by atoms with Crippen molar-refractivity contribution in [3.05, 3.63) is 47.5 Å². The minimum absolute atomic E-state index is 0. The number of amides is 2. The van der Waals surface area contributed by atoms with Gasteiger partial charge in [-0.05, 0) is 31.6 Å². The maximum Gasteiger partial charge on any atom is 0.261 e. The first-order valence-corrected chi connectivity index (χ1v) is 6.62. The minimum Gasteiger partial charge on any atom is -0.308 e. The van der Waals surface area contributed by atoms with Crippen LogP contribution in [-0.2, 0) is 0 Å². The summed E-state index contributed by atoms with van der Waals surface area (Å²) in [4.78, 5) is 28.3. The number of benzene rings is 2. The Kier molecular flexibility index (Phi) is 4.30. The molecule has 0 saturated carbocycles. The van der Waals surface area contributed by atoms with E-state index in [1.165, 1.54) is 4.90 Å². The van der Waals surface area contributed by atoms with E-state index in [1.807, 2.05) is 43.3 Å². The zero-order valence-electron chi connectivity index (χ0n) is 12.0. The third kappa shape index (κ3) is 2.52. The molecular formula is C16H17ClN2O2. The summed E-state index contributed by atoms with van der Waals surface area (Å²) in [6.07, 6.45) is 0. The molecule has 1 heterocycles. The third-order valence-corrected chi connectivity index (χ3v) is 3.63. The molecule has 2 aromatic rings. The average Bonchev–Trinajstić information content (AvgIpc) is 2.44. The van der Waals surface area contributed by atoms with Crippen molar-refractivity contribution in [1.29, 1.82) is 0 Å². The van der Waals surface area contributed by atoms with Crippen molar-refractivity contribution < 1.29 is 9.59 Å². The zero-order chi connectivity index (χ0) is 14.3. The molecule has 0 aromatic heterocycles. The molecule has 1 aliphatic heterocycles. The Morgan fingerprint density at radius 2 is 1.48 bits per heavy atom. The highest BCUT2D eigenvalue weighted by atomic mass is 35.5. The van der Waals surface area contributed by atoms with Crippen molar-refractivity contribution >= 4 is 35.0 Å². The predicted molar refractivity (Wildman–Crippen MR) is 85.1 cm³/mol. The Morgan fingerprint density at radius 3 is 1.95 bits per heavy atom. The average molecular weight is 305 g/mol. The lowest BCUT2D eigenvalue weighted by atomic mass is 9.94. The Bertz CT molecular complexity index is 662. The first kappa shape index (κ1) is 15.5. The van der Waals surface area contributed by atoms with Crippen LogP contribution in [0.25, 0.3) is 10.8 Å². The van der Waals surface area contributed by atoms with Gasteiger partial charge in [0, 0.05) is 29.6 Å². The summed E-state index contributed by atoms with van der Waals surface area (Å²) in [6, 6.07) is 11.2. The van der Waals surface area contributed by atoms with Crippen molar-refractivity contribution in [2.24, 2.45) is 0 Å². The van der Waals surface area contributed by atoms with Gasteiger partial charge in [-0.25, -0.2) is 0 Å². The SMILES string of the molecule is CN(C)CCN1C(=O)c2cccc3cccc(c23)C1=O.Cl. The monoisotopic (exact) mass is 304 g/mol. The van der Waals surface area contributed by atoms with Crippen LogP contribution in [0.5, 0.6) is 0 Å². The predicted octanol–water partition coefficient (Wildman–Crippen LogP) is 2.42. The van der Waals surface area contributed by atoms with Gasteiger partial charge in [0.05, 0.1) is 0 Å². The van der Waals surface area contributed by atoms with Crippen LogP contribution < -0.4 is 0 Å². The van der Waals surface area contributed by atoms with Crippen molar-refractivity contribution in [1.82, 2.24) is 9.80 Å². The van der Waals surface area contributed by atoms with Gasteiger partial charge in [0.2, 0.25) is 0 Å². The number of halogens is 1. The van der Waals surface area contributed by atoms with Crippen molar-refractivity contribution in [3.63, 3.8) is 0 Å². The molecule has 0 bridgehead atoms. The van der Waals surface area contributed by atoms with Gasteiger partial charge in [-0.2, -0.15) is 0 Å². The number of carbonyl (C=O) groups is 2.